The monoisotopic (exact) mass is 223 g/mol. The number of aromatic nitrogens is 1. The third-order valence-electron chi connectivity index (χ3n) is 2.17. The molecule has 0 bridgehead atoms. The van der Waals surface area contributed by atoms with E-state index in [1.807, 2.05) is 25.1 Å². The highest BCUT2D eigenvalue weighted by Gasteiger charge is 2.11. The molecular formula is C11H10ClNO2. The molecule has 3 nitrogen and oxygen atoms in total. The molecule has 0 unspecified atom stereocenters. The number of nitrogens with zero attached hydrogens (tertiary/aromatic N) is 1. The van der Waals surface area contributed by atoms with Gasteiger partial charge in [-0.1, -0.05) is 23.7 Å². The molecule has 0 aliphatic carbocycles. The van der Waals surface area contributed by atoms with Crippen molar-refractivity contribution in [3.63, 3.8) is 0 Å². The van der Waals surface area contributed by atoms with Crippen LogP contribution in [-0.2, 0) is 7.05 Å². The quantitative estimate of drug-likeness (QED) is 0.745. The average molecular weight is 224 g/mol. The van der Waals surface area contributed by atoms with E-state index in [2.05, 4.69) is 0 Å². The summed E-state index contributed by atoms with van der Waals surface area (Å²) in [5.41, 5.74) is 1.88. The van der Waals surface area contributed by atoms with Gasteiger partial charge in [0.2, 0.25) is 0 Å². The minimum Gasteiger partial charge on any atom is -0.336 e. The number of halogens is 1. The van der Waals surface area contributed by atoms with Gasteiger partial charge in [-0.2, -0.15) is 0 Å². The summed E-state index contributed by atoms with van der Waals surface area (Å²) in [6, 6.07) is 5.56. The molecule has 78 valence electrons. The van der Waals surface area contributed by atoms with Gasteiger partial charge in [-0.05, 0) is 18.6 Å². The summed E-state index contributed by atoms with van der Waals surface area (Å²) in [6.45, 7) is 1.95. The molecule has 2 rings (SSSR count). The fraction of sp³-hybridized carbons (Fsp3) is 0.182. The van der Waals surface area contributed by atoms with Crippen LogP contribution in [0.25, 0.3) is 11.1 Å². The summed E-state index contributed by atoms with van der Waals surface area (Å²) in [5, 5.41) is 0.563. The third-order valence-corrected chi connectivity index (χ3v) is 2.49. The van der Waals surface area contributed by atoms with Crippen LogP contribution in [0, 0.1) is 6.92 Å². The number of rotatable bonds is 1. The largest absolute Gasteiger partial charge is 0.365 e. The highest BCUT2D eigenvalue weighted by molar-refractivity contribution is 6.33. The topological polar surface area (TPSA) is 35.1 Å². The summed E-state index contributed by atoms with van der Waals surface area (Å²) in [7, 11) is 1.66. The molecular weight excluding hydrogens is 214 g/mol. The van der Waals surface area contributed by atoms with Crippen LogP contribution in [0.2, 0.25) is 5.02 Å². The van der Waals surface area contributed by atoms with Crippen molar-refractivity contribution in [3.05, 3.63) is 45.4 Å². The zero-order chi connectivity index (χ0) is 11.0. The fourth-order valence-corrected chi connectivity index (χ4v) is 1.80. The molecule has 0 atom stereocenters. The van der Waals surface area contributed by atoms with E-state index in [9.17, 15) is 4.79 Å². The van der Waals surface area contributed by atoms with E-state index in [-0.39, 0.29) is 5.63 Å². The normalized spacial score (nSPS) is 10.6. The van der Waals surface area contributed by atoms with E-state index >= 15 is 0 Å². The van der Waals surface area contributed by atoms with Crippen LogP contribution in [0.1, 0.15) is 5.56 Å². The number of hydrogen-bond donors (Lipinski definition) is 0. The standard InChI is InChI=1S/C11H10ClNO2/c1-7-3-4-8(10(12)5-7)9-6-13(2)15-11(9)14/h3-6H,1-2H3. The Kier molecular flexibility index (Phi) is 2.40. The van der Waals surface area contributed by atoms with Gasteiger partial charge in [0.05, 0.1) is 11.8 Å². The molecule has 0 aliphatic rings. The van der Waals surface area contributed by atoms with Crippen LogP contribution in [0.4, 0.5) is 0 Å². The van der Waals surface area contributed by atoms with E-state index in [4.69, 9.17) is 16.1 Å². The van der Waals surface area contributed by atoms with Crippen LogP contribution < -0.4 is 5.63 Å². The molecule has 0 radical (unpaired) electrons. The SMILES string of the molecule is Cc1ccc(-c2cn(C)oc2=O)c(Cl)c1. The second-order valence-corrected chi connectivity index (χ2v) is 3.86. The molecule has 1 aromatic heterocycles. The molecule has 0 amide bonds. The van der Waals surface area contributed by atoms with Crippen LogP contribution in [0.3, 0.4) is 0 Å². The van der Waals surface area contributed by atoms with Gasteiger partial charge >= 0.3 is 5.63 Å². The Morgan fingerprint density at radius 2 is 2.07 bits per heavy atom. The first-order chi connectivity index (χ1) is 7.08. The fourth-order valence-electron chi connectivity index (χ4n) is 1.46. The van der Waals surface area contributed by atoms with Crippen molar-refractivity contribution < 1.29 is 4.52 Å². The lowest BCUT2D eigenvalue weighted by Crippen LogP contribution is -1.96. The van der Waals surface area contributed by atoms with Gasteiger partial charge in [-0.25, -0.2) is 9.53 Å². The number of benzene rings is 1. The molecule has 0 fully saturated rings. The Balaban J connectivity index is 2.64. The summed E-state index contributed by atoms with van der Waals surface area (Å²) >= 11 is 6.06. The van der Waals surface area contributed by atoms with Gasteiger partial charge in [0.1, 0.15) is 0 Å². The number of hydrogen-bond acceptors (Lipinski definition) is 2. The Morgan fingerprint density at radius 1 is 1.33 bits per heavy atom. The predicted molar refractivity (Wildman–Crippen MR) is 59.1 cm³/mol. The molecule has 1 heterocycles. The van der Waals surface area contributed by atoms with Crippen molar-refractivity contribution >= 4 is 11.6 Å². The van der Waals surface area contributed by atoms with Gasteiger partial charge in [0.15, 0.2) is 0 Å². The lowest BCUT2D eigenvalue weighted by molar-refractivity contribution is 0.286. The summed E-state index contributed by atoms with van der Waals surface area (Å²) in [5.74, 6) is 0. The van der Waals surface area contributed by atoms with E-state index < -0.39 is 0 Å². The minimum absolute atomic E-state index is 0.372. The lowest BCUT2D eigenvalue weighted by Gasteiger charge is -2.00. The molecule has 0 aliphatic heterocycles. The maximum absolute atomic E-state index is 11.4. The van der Waals surface area contributed by atoms with Crippen molar-refractivity contribution in [2.75, 3.05) is 0 Å². The Labute approximate surface area is 91.9 Å². The van der Waals surface area contributed by atoms with Crippen LogP contribution in [-0.4, -0.2) is 4.74 Å². The smallest absolute Gasteiger partial charge is 0.336 e. The minimum atomic E-state index is -0.372. The summed E-state index contributed by atoms with van der Waals surface area (Å²) in [6.07, 6.45) is 1.62. The molecule has 4 heteroatoms. The van der Waals surface area contributed by atoms with Crippen molar-refractivity contribution in [1.82, 2.24) is 4.74 Å². The highest BCUT2D eigenvalue weighted by atomic mass is 35.5. The van der Waals surface area contributed by atoms with Crippen LogP contribution in [0.5, 0.6) is 0 Å². The average Bonchev–Trinajstić information content (AvgIpc) is 2.45. The Hall–Kier alpha value is -1.48. The highest BCUT2D eigenvalue weighted by Crippen LogP contribution is 2.26. The van der Waals surface area contributed by atoms with E-state index in [1.54, 1.807) is 13.2 Å². The molecule has 0 saturated carbocycles. The summed E-state index contributed by atoms with van der Waals surface area (Å²) < 4.78 is 6.23. The first-order valence-electron chi connectivity index (χ1n) is 4.51. The Morgan fingerprint density at radius 3 is 2.60 bits per heavy atom. The second-order valence-electron chi connectivity index (χ2n) is 3.45. The molecule has 0 N–H and O–H groups in total. The molecule has 15 heavy (non-hydrogen) atoms. The summed E-state index contributed by atoms with van der Waals surface area (Å²) in [4.78, 5) is 11.4. The maximum Gasteiger partial charge on any atom is 0.365 e. The van der Waals surface area contributed by atoms with E-state index in [0.29, 0.717) is 16.1 Å². The van der Waals surface area contributed by atoms with Crippen molar-refractivity contribution in [2.24, 2.45) is 7.05 Å². The predicted octanol–water partition coefficient (Wildman–Crippen LogP) is 2.61. The van der Waals surface area contributed by atoms with Gasteiger partial charge in [-0.15, -0.1) is 0 Å². The van der Waals surface area contributed by atoms with Crippen molar-refractivity contribution in [3.8, 4) is 11.1 Å². The van der Waals surface area contributed by atoms with Crippen molar-refractivity contribution in [2.45, 2.75) is 6.92 Å². The zero-order valence-corrected chi connectivity index (χ0v) is 9.21. The van der Waals surface area contributed by atoms with Gasteiger partial charge in [0.25, 0.3) is 0 Å². The van der Waals surface area contributed by atoms with Gasteiger partial charge < -0.3 is 4.52 Å². The van der Waals surface area contributed by atoms with Gasteiger partial charge in [-0.3, -0.25) is 0 Å². The van der Waals surface area contributed by atoms with E-state index in [1.165, 1.54) is 4.74 Å². The third kappa shape index (κ3) is 1.83. The molecule has 0 spiro atoms. The number of aryl methyl sites for hydroxylation is 2. The lowest BCUT2D eigenvalue weighted by atomic mass is 10.1. The maximum atomic E-state index is 11.4. The molecule has 1 aromatic carbocycles. The van der Waals surface area contributed by atoms with Crippen LogP contribution in [0.15, 0.2) is 33.7 Å². The Bertz CT molecular complexity index is 554. The second kappa shape index (κ2) is 3.59. The molecule has 0 saturated heterocycles. The first-order valence-corrected chi connectivity index (χ1v) is 4.89. The van der Waals surface area contributed by atoms with E-state index in [0.717, 1.165) is 5.56 Å². The van der Waals surface area contributed by atoms with Gasteiger partial charge in [0, 0.05) is 17.6 Å². The molecule has 2 aromatic rings. The zero-order valence-electron chi connectivity index (χ0n) is 8.45. The first kappa shape index (κ1) is 10.1. The van der Waals surface area contributed by atoms with Crippen LogP contribution >= 0.6 is 11.6 Å². The van der Waals surface area contributed by atoms with Crippen molar-refractivity contribution in [1.29, 1.82) is 0 Å².